The second-order valence-corrected chi connectivity index (χ2v) is 37.8. The molecular formula is C84H144N8O23. The van der Waals surface area contributed by atoms with Gasteiger partial charge in [-0.05, 0) is 270 Å². The van der Waals surface area contributed by atoms with Gasteiger partial charge in [-0.3, -0.25) is 77.1 Å². The van der Waals surface area contributed by atoms with Crippen LogP contribution in [0.1, 0.15) is 270 Å². The van der Waals surface area contributed by atoms with Crippen LogP contribution in [0, 0.1) is 0 Å². The molecule has 0 radical (unpaired) electrons. The van der Waals surface area contributed by atoms with Crippen LogP contribution in [0.4, 0.5) is 4.79 Å². The monoisotopic (exact) mass is 1630 g/mol. The molecule has 4 atom stereocenters. The van der Waals surface area contributed by atoms with Crippen LogP contribution >= 0.6 is 0 Å². The van der Waals surface area contributed by atoms with Crippen LogP contribution in [-0.4, -0.2) is 250 Å². The molecule has 0 heterocycles. The third-order valence-corrected chi connectivity index (χ3v) is 15.4. The summed E-state index contributed by atoms with van der Waals surface area (Å²) in [7, 11) is 0. The van der Waals surface area contributed by atoms with Crippen molar-refractivity contribution in [1.82, 2.24) is 40.9 Å². The molecule has 0 saturated carbocycles. The van der Waals surface area contributed by atoms with Crippen LogP contribution in [0.25, 0.3) is 0 Å². The van der Waals surface area contributed by atoms with Crippen molar-refractivity contribution in [3.05, 3.63) is 35.9 Å². The zero-order valence-electron chi connectivity index (χ0n) is 74.6. The molecule has 31 heteroatoms. The zero-order chi connectivity index (χ0) is 88.3. The first kappa shape index (κ1) is 105. The average molecular weight is 1630 g/mol. The van der Waals surface area contributed by atoms with Crippen molar-refractivity contribution in [2.45, 2.75) is 345 Å². The maximum atomic E-state index is 15.0. The van der Waals surface area contributed by atoms with E-state index in [4.69, 9.17) is 47.4 Å². The highest BCUT2D eigenvalue weighted by Crippen LogP contribution is 2.24. The molecule has 0 fully saturated rings. The van der Waals surface area contributed by atoms with E-state index in [2.05, 4.69) is 21.3 Å². The van der Waals surface area contributed by atoms with Gasteiger partial charge in [-0.1, -0.05) is 30.3 Å². The summed E-state index contributed by atoms with van der Waals surface area (Å²) >= 11 is 0. The van der Waals surface area contributed by atoms with Crippen LogP contribution in [0.15, 0.2) is 30.3 Å². The van der Waals surface area contributed by atoms with Gasteiger partial charge in [0.1, 0.15) is 75.1 Å². The number of amides is 4. The summed E-state index contributed by atoms with van der Waals surface area (Å²) in [6, 6.07) is 4.36. The van der Waals surface area contributed by atoms with Gasteiger partial charge < -0.3 is 68.6 Å². The van der Waals surface area contributed by atoms with Gasteiger partial charge >= 0.3 is 59.8 Å². The molecule has 0 spiro atoms. The Morgan fingerprint density at radius 2 is 0.504 bits per heavy atom. The molecule has 31 nitrogen and oxygen atoms in total. The van der Waals surface area contributed by atoms with Gasteiger partial charge in [-0.2, -0.15) is 0 Å². The molecule has 1 aromatic rings. The number of hydrogen-bond acceptors (Lipinski definition) is 27. The van der Waals surface area contributed by atoms with Crippen LogP contribution in [0.3, 0.4) is 0 Å². The maximum absolute atomic E-state index is 15.0. The molecule has 4 unspecified atom stereocenters. The van der Waals surface area contributed by atoms with Gasteiger partial charge in [0, 0.05) is 26.2 Å². The Kier molecular flexibility index (Phi) is 43.8. The first-order chi connectivity index (χ1) is 52.5. The molecule has 0 aliphatic rings. The SMILES string of the molecule is CC(C)(C)OC(=O)CN(CC(=O)OC(C)(C)C)C(CCCCNC(=O)CN(CC(=O)NCCCCC(C(=O)OC(C)(C)C)N(CC(=O)OC(C)(C)C)CC(=O)OC(C)(C)C)C(CCCCNC(=O)OCc1ccccc1)C(=O)NCCCCC(C(=O)OC(C)(C)C)N(CC(=O)OC(C)(C)C)CC(=O)OC(C)(C)C)C(=O)OC(C)(C)C. The highest BCUT2D eigenvalue weighted by atomic mass is 16.6. The van der Waals surface area contributed by atoms with Gasteiger partial charge in [-0.15, -0.1) is 0 Å². The number of ether oxygens (including phenoxy) is 10. The summed E-state index contributed by atoms with van der Waals surface area (Å²) in [5.74, 6) is -8.22. The fourth-order valence-electron chi connectivity index (χ4n) is 11.4. The van der Waals surface area contributed by atoms with E-state index in [0.29, 0.717) is 6.42 Å². The van der Waals surface area contributed by atoms with Crippen LogP contribution in [0.2, 0.25) is 0 Å². The highest BCUT2D eigenvalue weighted by molar-refractivity contribution is 5.87. The molecule has 0 bridgehead atoms. The number of nitrogens with zero attached hydrogens (tertiary/aromatic N) is 4. The number of esters is 9. The first-order valence-corrected chi connectivity index (χ1v) is 40.2. The third kappa shape index (κ3) is 53.8. The standard InChI is InChI=1S/C84H144N8O23/c1-76(2,3)107-65(95)51-90(52-66(96)108-77(4,5)6)60(72(102)113-82(19,20)21)42-32-35-45-85-63(93)49-89(50-64(94)86-46-36-33-43-61(73(103)114-83(22,23)24)91(53-67(97)109-78(7,8)9)54-68(98)110-79(10,11)12)59(41-31-38-48-88-75(105)106-57-58-39-29-28-30-40-58)71(101)87-47-37-34-44-62(74(104)115-84(25,26)27)92(55-69(99)111-80(13,14)15)56-70(100)112-81(16,17)18/h28-30,39-40,59-62H,31-38,41-57H2,1-27H3,(H,85,93)(H,86,94)(H,87,101)(H,88,105). The summed E-state index contributed by atoms with van der Waals surface area (Å²) in [5.41, 5.74) is -7.62. The van der Waals surface area contributed by atoms with Gasteiger partial charge in [0.25, 0.3) is 0 Å². The summed E-state index contributed by atoms with van der Waals surface area (Å²) < 4.78 is 56.7. The van der Waals surface area contributed by atoms with E-state index in [9.17, 15) is 57.5 Å². The molecule has 0 aliphatic carbocycles. The van der Waals surface area contributed by atoms with E-state index in [1.807, 2.05) is 30.3 Å². The van der Waals surface area contributed by atoms with Crippen LogP contribution in [-0.2, 0) is 112 Å². The number of alkyl carbamates (subject to hydrolysis) is 1. The van der Waals surface area contributed by atoms with E-state index in [1.54, 1.807) is 187 Å². The topological polar surface area (TPSA) is 375 Å². The largest absolute Gasteiger partial charge is 0.459 e. The molecule has 1 aromatic carbocycles. The van der Waals surface area contributed by atoms with E-state index in [1.165, 1.54) is 19.6 Å². The van der Waals surface area contributed by atoms with E-state index >= 15 is 4.79 Å². The van der Waals surface area contributed by atoms with Crippen molar-refractivity contribution in [1.29, 1.82) is 0 Å². The number of unbranched alkanes of at least 4 members (excludes halogenated alkanes) is 4. The Hall–Kier alpha value is -8.03. The summed E-state index contributed by atoms with van der Waals surface area (Å²) in [6.07, 6.45) is 1.44. The smallest absolute Gasteiger partial charge is 0.407 e. The predicted octanol–water partition coefficient (Wildman–Crippen LogP) is 9.70. The van der Waals surface area contributed by atoms with Crippen LogP contribution in [0.5, 0.6) is 0 Å². The minimum Gasteiger partial charge on any atom is -0.459 e. The second kappa shape index (κ2) is 48.0. The zero-order valence-corrected chi connectivity index (χ0v) is 74.6. The summed E-state index contributed by atoms with van der Waals surface area (Å²) in [5, 5.41) is 11.5. The number of benzene rings is 1. The molecule has 658 valence electrons. The molecule has 115 heavy (non-hydrogen) atoms. The Morgan fingerprint density at radius 1 is 0.278 bits per heavy atom. The van der Waals surface area contributed by atoms with E-state index in [-0.39, 0.29) is 103 Å². The number of carbonyl (C=O) groups excluding carboxylic acids is 13. The van der Waals surface area contributed by atoms with Crippen molar-refractivity contribution in [2.24, 2.45) is 0 Å². The van der Waals surface area contributed by atoms with Gasteiger partial charge in [0.15, 0.2) is 0 Å². The Labute approximate surface area is 684 Å². The molecular weight excluding hydrogens is 1490 g/mol. The number of carbonyl (C=O) groups is 13. The van der Waals surface area contributed by atoms with Crippen molar-refractivity contribution < 1.29 is 110 Å². The minimum absolute atomic E-state index is 0.00940. The van der Waals surface area contributed by atoms with E-state index < -0.39 is 204 Å². The first-order valence-electron chi connectivity index (χ1n) is 40.2. The quantitative estimate of drug-likeness (QED) is 0.0268. The Morgan fingerprint density at radius 3 is 0.757 bits per heavy atom. The van der Waals surface area contributed by atoms with Gasteiger partial charge in [-0.25, -0.2) is 4.79 Å². The number of nitrogens with one attached hydrogen (secondary N) is 4. The molecule has 0 aromatic heterocycles. The molecule has 0 saturated heterocycles. The lowest BCUT2D eigenvalue weighted by molar-refractivity contribution is -0.171. The van der Waals surface area contributed by atoms with Crippen molar-refractivity contribution in [3.8, 4) is 0 Å². The maximum Gasteiger partial charge on any atom is 0.407 e. The lowest BCUT2D eigenvalue weighted by Gasteiger charge is -2.33. The van der Waals surface area contributed by atoms with Crippen LogP contribution < -0.4 is 21.3 Å². The molecule has 0 aliphatic heterocycles. The average Bonchev–Trinajstić information content (AvgIpc) is 0.885. The number of rotatable bonds is 46. The molecule has 4 amide bonds. The lowest BCUT2D eigenvalue weighted by Crippen LogP contribution is -2.53. The Balaban J connectivity index is 4.02. The highest BCUT2D eigenvalue weighted by Gasteiger charge is 2.40. The normalized spacial score (nSPS) is 13.6. The van der Waals surface area contributed by atoms with E-state index in [0.717, 1.165) is 5.56 Å². The minimum atomic E-state index is -1.21. The van der Waals surface area contributed by atoms with Gasteiger partial charge in [0.05, 0.1) is 58.4 Å². The van der Waals surface area contributed by atoms with Crippen molar-refractivity contribution in [2.75, 3.05) is 78.5 Å². The number of hydrogen-bond donors (Lipinski definition) is 4. The summed E-state index contributed by atoms with van der Waals surface area (Å²) in [6.45, 7) is 41.7. The fourth-order valence-corrected chi connectivity index (χ4v) is 11.4. The molecule has 4 N–H and O–H groups in total. The summed E-state index contributed by atoms with van der Waals surface area (Å²) in [4.78, 5) is 186. The van der Waals surface area contributed by atoms with Crippen molar-refractivity contribution in [3.63, 3.8) is 0 Å². The fraction of sp³-hybridized carbons (Fsp3) is 0.774. The molecule has 1 rings (SSSR count). The Bertz CT molecular complexity index is 3050. The third-order valence-electron chi connectivity index (χ3n) is 15.4. The lowest BCUT2D eigenvalue weighted by atomic mass is 10.0. The van der Waals surface area contributed by atoms with Gasteiger partial charge in [0.2, 0.25) is 17.7 Å². The predicted molar refractivity (Wildman–Crippen MR) is 433 cm³/mol. The van der Waals surface area contributed by atoms with Crippen molar-refractivity contribution >= 4 is 77.5 Å². The second-order valence-electron chi connectivity index (χ2n) is 37.8.